The van der Waals surface area contributed by atoms with E-state index in [4.69, 9.17) is 9.47 Å². The summed E-state index contributed by atoms with van der Waals surface area (Å²) in [5.41, 5.74) is 0.354. The first kappa shape index (κ1) is 22.6. The highest BCUT2D eigenvalue weighted by molar-refractivity contribution is 7.99. The minimum Gasteiger partial charge on any atom is -0.467 e. The van der Waals surface area contributed by atoms with Crippen LogP contribution in [-0.4, -0.2) is 60.4 Å². The number of rotatable bonds is 7. The number of nitrogens with one attached hydrogen (secondary N) is 1. The molecule has 164 valence electrons. The third kappa shape index (κ3) is 5.75. The summed E-state index contributed by atoms with van der Waals surface area (Å²) in [5.74, 6) is -0.606. The summed E-state index contributed by atoms with van der Waals surface area (Å²) in [7, 11) is 1.29. The van der Waals surface area contributed by atoms with Crippen molar-refractivity contribution in [1.29, 1.82) is 0 Å². The Hall–Kier alpha value is -3.07. The largest absolute Gasteiger partial charge is 0.467 e. The van der Waals surface area contributed by atoms with Crippen LogP contribution in [0.15, 0.2) is 48.5 Å². The Morgan fingerprint density at radius 3 is 2.29 bits per heavy atom. The van der Waals surface area contributed by atoms with Gasteiger partial charge in [-0.25, -0.2) is 9.18 Å². The number of carbonyl (C=O) groups is 3. The van der Waals surface area contributed by atoms with Gasteiger partial charge in [-0.3, -0.25) is 9.59 Å². The molecule has 0 radical (unpaired) electrons. The number of hydrogen-bond acceptors (Lipinski definition) is 6. The van der Waals surface area contributed by atoms with E-state index >= 15 is 0 Å². The molecule has 1 saturated heterocycles. The number of hydrogen-bond donors (Lipinski definition) is 1. The Kier molecular flexibility index (Phi) is 7.51. The molecular formula is C22H23FN2O5S. The number of benzene rings is 2. The van der Waals surface area contributed by atoms with E-state index in [-0.39, 0.29) is 23.5 Å². The molecule has 1 heterocycles. The van der Waals surface area contributed by atoms with Gasteiger partial charge >= 0.3 is 5.97 Å². The highest BCUT2D eigenvalue weighted by Gasteiger charge is 2.39. The van der Waals surface area contributed by atoms with Crippen LogP contribution in [0.2, 0.25) is 0 Å². The number of ether oxygens (including phenoxy) is 2. The Bertz CT molecular complexity index is 936. The molecule has 2 amide bonds. The molecule has 2 atom stereocenters. The first-order valence-corrected chi connectivity index (χ1v) is 10.9. The van der Waals surface area contributed by atoms with E-state index < -0.39 is 17.9 Å². The van der Waals surface area contributed by atoms with Gasteiger partial charge in [-0.05, 0) is 61.2 Å². The minimum absolute atomic E-state index is 0.150. The van der Waals surface area contributed by atoms with Crippen LogP contribution in [0, 0.1) is 5.82 Å². The smallest absolute Gasteiger partial charge is 0.328 e. The molecule has 0 aliphatic carbocycles. The molecular weight excluding hydrogens is 423 g/mol. The number of likely N-dealkylation sites (tertiary alicyclic amines) is 1. The van der Waals surface area contributed by atoms with Crippen LogP contribution in [0.25, 0.3) is 0 Å². The zero-order chi connectivity index (χ0) is 22.4. The number of halogens is 1. The van der Waals surface area contributed by atoms with Gasteiger partial charge in [0.15, 0.2) is 0 Å². The first-order valence-electron chi connectivity index (χ1n) is 9.63. The molecule has 9 heteroatoms. The topological polar surface area (TPSA) is 84.9 Å². The van der Waals surface area contributed by atoms with Crippen molar-refractivity contribution in [3.8, 4) is 11.5 Å². The number of carbonyl (C=O) groups excluding carboxylic acids is 3. The van der Waals surface area contributed by atoms with Crippen molar-refractivity contribution < 1.29 is 28.2 Å². The lowest BCUT2D eigenvalue weighted by molar-refractivity contribution is -0.150. The maximum atomic E-state index is 13.0. The molecule has 1 aliphatic rings. The molecule has 0 unspecified atom stereocenters. The maximum Gasteiger partial charge on any atom is 0.328 e. The lowest BCUT2D eigenvalue weighted by Crippen LogP contribution is -2.46. The third-order valence-corrected chi connectivity index (χ3v) is 5.96. The standard InChI is InChI=1S/C22H23FN2O5S/c1-29-22(28)19-11-18(31-2)13-25(19)20(26)12-24-21(27)14-3-7-16(8-4-14)30-17-9-5-15(23)6-10-17/h3-10,18-19H,11-13H2,1-2H3,(H,24,27)/t18-,19+/m1/s1. The zero-order valence-corrected chi connectivity index (χ0v) is 18.0. The zero-order valence-electron chi connectivity index (χ0n) is 17.2. The van der Waals surface area contributed by atoms with Gasteiger partial charge in [-0.1, -0.05) is 0 Å². The monoisotopic (exact) mass is 446 g/mol. The van der Waals surface area contributed by atoms with Crippen LogP contribution in [-0.2, 0) is 14.3 Å². The SMILES string of the molecule is COC(=O)[C@@H]1C[C@@H](SC)CN1C(=O)CNC(=O)c1ccc(Oc2ccc(F)cc2)cc1. The molecule has 0 saturated carbocycles. The van der Waals surface area contributed by atoms with Crippen LogP contribution < -0.4 is 10.1 Å². The van der Waals surface area contributed by atoms with E-state index in [2.05, 4.69) is 5.32 Å². The summed E-state index contributed by atoms with van der Waals surface area (Å²) in [6.07, 6.45) is 2.46. The number of esters is 1. The molecule has 1 aliphatic heterocycles. The summed E-state index contributed by atoms with van der Waals surface area (Å²) in [5, 5.41) is 2.74. The van der Waals surface area contributed by atoms with Crippen LogP contribution >= 0.6 is 11.8 Å². The van der Waals surface area contributed by atoms with Crippen LogP contribution in [0.3, 0.4) is 0 Å². The van der Waals surface area contributed by atoms with Crippen LogP contribution in [0.4, 0.5) is 4.39 Å². The van der Waals surface area contributed by atoms with Crippen molar-refractivity contribution >= 4 is 29.5 Å². The second-order valence-electron chi connectivity index (χ2n) is 6.94. The van der Waals surface area contributed by atoms with Gasteiger partial charge in [-0.15, -0.1) is 0 Å². The highest BCUT2D eigenvalue weighted by atomic mass is 32.2. The van der Waals surface area contributed by atoms with Gasteiger partial charge in [0.05, 0.1) is 13.7 Å². The van der Waals surface area contributed by atoms with E-state index in [0.717, 1.165) is 0 Å². The van der Waals surface area contributed by atoms with Gasteiger partial charge in [0.2, 0.25) is 5.91 Å². The predicted octanol–water partition coefficient (Wildman–Crippen LogP) is 2.85. The van der Waals surface area contributed by atoms with Gasteiger partial charge in [0.25, 0.3) is 5.91 Å². The third-order valence-electron chi connectivity index (χ3n) is 4.96. The van der Waals surface area contributed by atoms with Crippen molar-refractivity contribution in [2.45, 2.75) is 17.7 Å². The van der Waals surface area contributed by atoms with Gasteiger partial charge in [0.1, 0.15) is 23.4 Å². The molecule has 2 aromatic carbocycles. The second-order valence-corrected chi connectivity index (χ2v) is 8.08. The van der Waals surface area contributed by atoms with Gasteiger partial charge < -0.3 is 19.7 Å². The molecule has 7 nitrogen and oxygen atoms in total. The average molecular weight is 447 g/mol. The van der Waals surface area contributed by atoms with Crippen molar-refractivity contribution in [1.82, 2.24) is 10.2 Å². The lowest BCUT2D eigenvalue weighted by atomic mass is 10.2. The fraction of sp³-hybridized carbons (Fsp3) is 0.318. The summed E-state index contributed by atoms with van der Waals surface area (Å²) < 4.78 is 23.4. The summed E-state index contributed by atoms with van der Waals surface area (Å²) >= 11 is 1.59. The highest BCUT2D eigenvalue weighted by Crippen LogP contribution is 2.27. The molecule has 31 heavy (non-hydrogen) atoms. The van der Waals surface area contributed by atoms with Gasteiger partial charge in [-0.2, -0.15) is 11.8 Å². The molecule has 1 N–H and O–H groups in total. The Morgan fingerprint density at radius 1 is 1.10 bits per heavy atom. The first-order chi connectivity index (χ1) is 14.9. The molecule has 3 rings (SSSR count). The molecule has 0 aromatic heterocycles. The Balaban J connectivity index is 1.55. The number of nitrogens with zero attached hydrogens (tertiary/aromatic N) is 1. The van der Waals surface area contributed by atoms with Crippen LogP contribution in [0.5, 0.6) is 11.5 Å². The Morgan fingerprint density at radius 2 is 1.71 bits per heavy atom. The minimum atomic E-state index is -0.630. The lowest BCUT2D eigenvalue weighted by Gasteiger charge is -2.22. The van der Waals surface area contributed by atoms with E-state index in [1.54, 1.807) is 36.0 Å². The number of thioether (sulfide) groups is 1. The molecule has 0 bridgehead atoms. The fourth-order valence-electron chi connectivity index (χ4n) is 3.28. The van der Waals surface area contributed by atoms with Crippen molar-refractivity contribution in [3.05, 3.63) is 59.9 Å². The van der Waals surface area contributed by atoms with Gasteiger partial charge in [0, 0.05) is 17.4 Å². The van der Waals surface area contributed by atoms with E-state index in [1.165, 1.54) is 36.3 Å². The summed E-state index contributed by atoms with van der Waals surface area (Å²) in [6, 6.07) is 11.3. The quantitative estimate of drug-likeness (QED) is 0.659. The van der Waals surface area contributed by atoms with E-state index in [9.17, 15) is 18.8 Å². The maximum absolute atomic E-state index is 13.0. The fourth-order valence-corrected chi connectivity index (χ4v) is 3.96. The number of methoxy groups -OCH3 is 1. The van der Waals surface area contributed by atoms with E-state index in [1.807, 2.05) is 6.26 Å². The van der Waals surface area contributed by atoms with Crippen molar-refractivity contribution in [2.24, 2.45) is 0 Å². The van der Waals surface area contributed by atoms with Crippen molar-refractivity contribution in [3.63, 3.8) is 0 Å². The predicted molar refractivity (Wildman–Crippen MR) is 115 cm³/mol. The molecule has 2 aromatic rings. The summed E-state index contributed by atoms with van der Waals surface area (Å²) in [6.45, 7) is 0.215. The van der Waals surface area contributed by atoms with E-state index in [0.29, 0.717) is 30.0 Å². The molecule has 1 fully saturated rings. The van der Waals surface area contributed by atoms with Crippen molar-refractivity contribution in [2.75, 3.05) is 26.5 Å². The number of amides is 2. The normalized spacial score (nSPS) is 17.8. The second kappa shape index (κ2) is 10.3. The average Bonchev–Trinajstić information content (AvgIpc) is 3.23. The van der Waals surface area contributed by atoms with Crippen LogP contribution in [0.1, 0.15) is 16.8 Å². The molecule has 0 spiro atoms. The Labute approximate surface area is 183 Å². The summed E-state index contributed by atoms with van der Waals surface area (Å²) in [4.78, 5) is 38.5.